The zero-order valence-corrected chi connectivity index (χ0v) is 18.7. The van der Waals surface area contributed by atoms with E-state index >= 15 is 0 Å². The summed E-state index contributed by atoms with van der Waals surface area (Å²) in [5, 5.41) is 3.02. The second kappa shape index (κ2) is 9.62. The van der Waals surface area contributed by atoms with Crippen molar-refractivity contribution in [2.45, 2.75) is 50.5 Å². The van der Waals surface area contributed by atoms with Crippen molar-refractivity contribution in [3.8, 4) is 5.75 Å². The Bertz CT molecular complexity index is 981. The summed E-state index contributed by atoms with van der Waals surface area (Å²) in [6, 6.07) is 12.3. The lowest BCUT2D eigenvalue weighted by atomic mass is 10.0. The van der Waals surface area contributed by atoms with E-state index in [0.717, 1.165) is 30.4 Å². The van der Waals surface area contributed by atoms with Gasteiger partial charge in [-0.05, 0) is 49.9 Å². The Labute approximate surface area is 179 Å². The number of piperidine rings is 1. The molecule has 6 nitrogen and oxygen atoms in total. The van der Waals surface area contributed by atoms with Crippen LogP contribution in [0.3, 0.4) is 0 Å². The Kier molecular flexibility index (Phi) is 7.15. The third-order valence-electron chi connectivity index (χ3n) is 5.56. The fourth-order valence-electron chi connectivity index (χ4n) is 3.74. The quantitative estimate of drug-likeness (QED) is 0.719. The third-order valence-corrected chi connectivity index (χ3v) is 7.46. The van der Waals surface area contributed by atoms with Crippen molar-refractivity contribution in [1.82, 2.24) is 9.62 Å². The number of amides is 1. The number of sulfonamides is 1. The Morgan fingerprint density at radius 3 is 2.37 bits per heavy atom. The van der Waals surface area contributed by atoms with Crippen LogP contribution in [-0.2, 0) is 10.0 Å². The molecule has 30 heavy (non-hydrogen) atoms. The molecule has 0 aromatic heterocycles. The monoisotopic (exact) mass is 430 g/mol. The van der Waals surface area contributed by atoms with E-state index in [-0.39, 0.29) is 22.4 Å². The molecule has 1 atom stereocenters. The zero-order chi connectivity index (χ0) is 21.7. The summed E-state index contributed by atoms with van der Waals surface area (Å²) < 4.78 is 32.9. The number of rotatable bonds is 7. The van der Waals surface area contributed by atoms with Crippen LogP contribution in [0.4, 0.5) is 0 Å². The van der Waals surface area contributed by atoms with Gasteiger partial charge < -0.3 is 10.1 Å². The second-order valence-corrected chi connectivity index (χ2v) is 9.61. The summed E-state index contributed by atoms with van der Waals surface area (Å²) in [6.07, 6.45) is 3.47. The van der Waals surface area contributed by atoms with E-state index in [0.29, 0.717) is 25.3 Å². The fraction of sp³-hybridized carbons (Fsp3) is 0.435. The van der Waals surface area contributed by atoms with Crippen molar-refractivity contribution in [2.24, 2.45) is 0 Å². The van der Waals surface area contributed by atoms with Gasteiger partial charge in [-0.2, -0.15) is 4.31 Å². The lowest BCUT2D eigenvalue weighted by molar-refractivity contribution is 0.0932. The van der Waals surface area contributed by atoms with Crippen LogP contribution in [-0.4, -0.2) is 38.8 Å². The van der Waals surface area contributed by atoms with Crippen LogP contribution in [0.5, 0.6) is 5.75 Å². The van der Waals surface area contributed by atoms with Gasteiger partial charge in [0.2, 0.25) is 10.0 Å². The minimum absolute atomic E-state index is 0.124. The van der Waals surface area contributed by atoms with Crippen LogP contribution in [0.2, 0.25) is 0 Å². The van der Waals surface area contributed by atoms with E-state index in [4.69, 9.17) is 4.74 Å². The number of hydrogen-bond acceptors (Lipinski definition) is 4. The highest BCUT2D eigenvalue weighted by molar-refractivity contribution is 7.89. The predicted molar refractivity (Wildman–Crippen MR) is 117 cm³/mol. The largest absolute Gasteiger partial charge is 0.496 e. The first-order valence-electron chi connectivity index (χ1n) is 10.4. The molecular formula is C23H30N2O4S. The van der Waals surface area contributed by atoms with Gasteiger partial charge in [0, 0.05) is 13.1 Å². The van der Waals surface area contributed by atoms with E-state index in [1.54, 1.807) is 6.07 Å². The van der Waals surface area contributed by atoms with E-state index in [1.165, 1.54) is 23.5 Å². The van der Waals surface area contributed by atoms with Gasteiger partial charge in [0.15, 0.2) is 0 Å². The van der Waals surface area contributed by atoms with Crippen LogP contribution in [0.25, 0.3) is 0 Å². The number of nitrogens with one attached hydrogen (secondary N) is 1. The van der Waals surface area contributed by atoms with Gasteiger partial charge in [-0.25, -0.2) is 8.42 Å². The first kappa shape index (κ1) is 22.3. The number of benzene rings is 2. The first-order valence-corrected chi connectivity index (χ1v) is 11.9. The van der Waals surface area contributed by atoms with Crippen LogP contribution in [0, 0.1) is 6.92 Å². The number of carbonyl (C=O) groups is 1. The molecular weight excluding hydrogens is 400 g/mol. The lowest BCUT2D eigenvalue weighted by Gasteiger charge is -2.26. The molecule has 0 aliphatic carbocycles. The molecule has 0 spiro atoms. The van der Waals surface area contributed by atoms with E-state index in [2.05, 4.69) is 5.32 Å². The van der Waals surface area contributed by atoms with Gasteiger partial charge >= 0.3 is 0 Å². The van der Waals surface area contributed by atoms with Gasteiger partial charge in [0.1, 0.15) is 5.75 Å². The molecule has 0 saturated carbocycles. The van der Waals surface area contributed by atoms with Crippen LogP contribution in [0.1, 0.15) is 60.1 Å². The SMILES string of the molecule is CCC(NC(=O)c1cc(S(=O)(=O)N2CCCCC2)ccc1OC)c1ccc(C)cc1. The highest BCUT2D eigenvalue weighted by atomic mass is 32.2. The van der Waals surface area contributed by atoms with E-state index < -0.39 is 10.0 Å². The predicted octanol–water partition coefficient (Wildman–Crippen LogP) is 4.06. The van der Waals surface area contributed by atoms with E-state index in [1.807, 2.05) is 38.1 Å². The number of methoxy groups -OCH3 is 1. The highest BCUT2D eigenvalue weighted by Crippen LogP contribution is 2.27. The normalized spacial score (nSPS) is 16.1. The molecule has 0 bridgehead atoms. The van der Waals surface area contributed by atoms with Gasteiger partial charge in [-0.1, -0.05) is 43.2 Å². The van der Waals surface area contributed by atoms with Crippen molar-refractivity contribution in [2.75, 3.05) is 20.2 Å². The number of aryl methyl sites for hydroxylation is 1. The third kappa shape index (κ3) is 4.84. The average molecular weight is 431 g/mol. The molecule has 2 aromatic rings. The van der Waals surface area contributed by atoms with Gasteiger partial charge in [0.25, 0.3) is 5.91 Å². The smallest absolute Gasteiger partial charge is 0.255 e. The van der Waals surface area contributed by atoms with E-state index in [9.17, 15) is 13.2 Å². The Balaban J connectivity index is 1.89. The molecule has 1 saturated heterocycles. The molecule has 1 unspecified atom stereocenters. The van der Waals surface area contributed by atoms with Crippen molar-refractivity contribution < 1.29 is 17.9 Å². The summed E-state index contributed by atoms with van der Waals surface area (Å²) >= 11 is 0. The highest BCUT2D eigenvalue weighted by Gasteiger charge is 2.28. The molecule has 3 rings (SSSR count). The maximum absolute atomic E-state index is 13.1. The standard InChI is InChI=1S/C23H30N2O4S/c1-4-21(18-10-8-17(2)9-11-18)24-23(26)20-16-19(12-13-22(20)29-3)30(27,28)25-14-6-5-7-15-25/h8-13,16,21H,4-7,14-15H2,1-3H3,(H,24,26). The molecule has 1 heterocycles. The minimum Gasteiger partial charge on any atom is -0.496 e. The molecule has 7 heteroatoms. The number of carbonyl (C=O) groups excluding carboxylic acids is 1. The van der Waals surface area contributed by atoms with Crippen molar-refractivity contribution in [3.05, 3.63) is 59.2 Å². The van der Waals surface area contributed by atoms with Gasteiger partial charge in [0.05, 0.1) is 23.6 Å². The second-order valence-electron chi connectivity index (χ2n) is 7.67. The summed E-state index contributed by atoms with van der Waals surface area (Å²) in [7, 11) is -2.16. The molecule has 1 aliphatic rings. The molecule has 1 amide bonds. The average Bonchev–Trinajstić information content (AvgIpc) is 2.78. The summed E-state index contributed by atoms with van der Waals surface area (Å²) in [5.74, 6) is -0.00109. The Morgan fingerprint density at radius 1 is 1.10 bits per heavy atom. The number of nitrogens with zero attached hydrogens (tertiary/aromatic N) is 1. The van der Waals surface area contributed by atoms with Crippen molar-refractivity contribution in [3.63, 3.8) is 0 Å². The molecule has 1 fully saturated rings. The van der Waals surface area contributed by atoms with Crippen LogP contribution in [0.15, 0.2) is 47.4 Å². The number of ether oxygens (including phenoxy) is 1. The summed E-state index contributed by atoms with van der Waals surface area (Å²) in [4.78, 5) is 13.2. The fourth-order valence-corrected chi connectivity index (χ4v) is 5.28. The van der Waals surface area contributed by atoms with Crippen molar-refractivity contribution >= 4 is 15.9 Å². The zero-order valence-electron chi connectivity index (χ0n) is 17.8. The Morgan fingerprint density at radius 2 is 1.77 bits per heavy atom. The topological polar surface area (TPSA) is 75.7 Å². The first-order chi connectivity index (χ1) is 14.4. The lowest BCUT2D eigenvalue weighted by Crippen LogP contribution is -2.35. The molecule has 2 aromatic carbocycles. The molecule has 1 N–H and O–H groups in total. The summed E-state index contributed by atoms with van der Waals surface area (Å²) in [6.45, 7) is 5.05. The maximum Gasteiger partial charge on any atom is 0.255 e. The van der Waals surface area contributed by atoms with Gasteiger partial charge in [-0.15, -0.1) is 0 Å². The maximum atomic E-state index is 13.1. The molecule has 0 radical (unpaired) electrons. The van der Waals surface area contributed by atoms with Crippen molar-refractivity contribution in [1.29, 1.82) is 0 Å². The molecule has 1 aliphatic heterocycles. The number of hydrogen-bond donors (Lipinski definition) is 1. The Hall–Kier alpha value is -2.38. The minimum atomic E-state index is -3.64. The van der Waals surface area contributed by atoms with Gasteiger partial charge in [-0.3, -0.25) is 4.79 Å². The molecule has 162 valence electrons. The van der Waals surface area contributed by atoms with Crippen LogP contribution >= 0.6 is 0 Å². The summed E-state index contributed by atoms with van der Waals surface area (Å²) in [5.41, 5.74) is 2.38. The van der Waals surface area contributed by atoms with Crippen LogP contribution < -0.4 is 10.1 Å².